The van der Waals surface area contributed by atoms with Gasteiger partial charge in [-0.1, -0.05) is 12.1 Å². The number of carbonyl (C=O) groups is 1. The van der Waals surface area contributed by atoms with Crippen LogP contribution in [0.15, 0.2) is 24.3 Å². The summed E-state index contributed by atoms with van der Waals surface area (Å²) in [5.41, 5.74) is -0.0671. The van der Waals surface area contributed by atoms with Crippen molar-refractivity contribution in [2.75, 3.05) is 0 Å². The van der Waals surface area contributed by atoms with Crippen molar-refractivity contribution in [3.8, 4) is 5.75 Å². The van der Waals surface area contributed by atoms with E-state index in [0.29, 0.717) is 0 Å². The first-order valence-electron chi connectivity index (χ1n) is 3.40. The number of phenols is 1. The maximum absolute atomic E-state index is 10.3. The minimum Gasteiger partial charge on any atom is -0.759 e. The number of hydrogen-bond donors (Lipinski definition) is 2. The van der Waals surface area contributed by atoms with Crippen LogP contribution in [0, 0.1) is 0 Å². The number of para-hydroxylation sites is 1. The van der Waals surface area contributed by atoms with Gasteiger partial charge in [-0.05, 0) is 12.1 Å². The molecule has 0 amide bonds. The molecule has 0 saturated heterocycles. The average Bonchev–Trinajstić information content (AvgIpc) is 2.01. The van der Waals surface area contributed by atoms with E-state index in [1.54, 1.807) is 12.1 Å². The van der Waals surface area contributed by atoms with E-state index in [0.717, 1.165) is 0 Å². The SMILES string of the molecule is O=C(O)c1ccccc1O.O=S(=O)([O-])[O-].[Mg+2]. The molecule has 0 heterocycles. The van der Waals surface area contributed by atoms with Gasteiger partial charge in [0.1, 0.15) is 11.3 Å². The van der Waals surface area contributed by atoms with Crippen LogP contribution >= 0.6 is 0 Å². The minimum absolute atomic E-state index is 0. The largest absolute Gasteiger partial charge is 2.00 e. The standard InChI is InChI=1S/C7H6O3.Mg.H2O4S/c8-6-4-2-1-3-5(6)7(9)10;;1-5(2,3)4/h1-4,8H,(H,9,10);;(H2,1,2,3,4)/q;+2;/p-2. The molecule has 0 radical (unpaired) electrons. The summed E-state index contributed by atoms with van der Waals surface area (Å²) in [6, 6.07) is 5.81. The summed E-state index contributed by atoms with van der Waals surface area (Å²) in [5.74, 6) is -1.31. The minimum atomic E-state index is -5.17. The van der Waals surface area contributed by atoms with Crippen LogP contribution in [0.5, 0.6) is 5.75 Å². The fraction of sp³-hybridized carbons (Fsp3) is 0. The second kappa shape index (κ2) is 7.41. The Kier molecular flexibility index (Phi) is 8.11. The van der Waals surface area contributed by atoms with E-state index in [1.807, 2.05) is 0 Å². The molecule has 0 aliphatic heterocycles. The molecule has 1 aromatic rings. The van der Waals surface area contributed by atoms with Crippen LogP contribution in [0.25, 0.3) is 0 Å². The Morgan fingerprint density at radius 2 is 1.56 bits per heavy atom. The van der Waals surface area contributed by atoms with E-state index in [9.17, 15) is 4.79 Å². The summed E-state index contributed by atoms with van der Waals surface area (Å²) in [4.78, 5) is 10.3. The fourth-order valence-electron chi connectivity index (χ4n) is 0.654. The number of hydrogen-bond acceptors (Lipinski definition) is 6. The van der Waals surface area contributed by atoms with Gasteiger partial charge in [0.2, 0.25) is 0 Å². The van der Waals surface area contributed by atoms with Gasteiger partial charge in [0, 0.05) is 10.4 Å². The molecule has 0 unspecified atom stereocenters. The monoisotopic (exact) mass is 258 g/mol. The van der Waals surface area contributed by atoms with Gasteiger partial charge in [0.05, 0.1) is 0 Å². The van der Waals surface area contributed by atoms with Crippen molar-refractivity contribution < 1.29 is 32.5 Å². The smallest absolute Gasteiger partial charge is 0.759 e. The Morgan fingerprint density at radius 3 is 1.81 bits per heavy atom. The van der Waals surface area contributed by atoms with Crippen LogP contribution in [0.3, 0.4) is 0 Å². The molecule has 0 aliphatic rings. The number of aromatic hydroxyl groups is 1. The summed E-state index contributed by atoms with van der Waals surface area (Å²) in [6.07, 6.45) is 0. The molecule has 0 saturated carbocycles. The van der Waals surface area contributed by atoms with Crippen molar-refractivity contribution >= 4 is 39.4 Å². The predicted octanol–water partition coefficient (Wildman–Crippen LogP) is -0.628. The zero-order chi connectivity index (χ0) is 12.1. The summed E-state index contributed by atoms with van der Waals surface area (Å²) in [6.45, 7) is 0. The zero-order valence-corrected chi connectivity index (χ0v) is 10.1. The quantitative estimate of drug-likeness (QED) is 0.388. The van der Waals surface area contributed by atoms with Crippen LogP contribution in [0.1, 0.15) is 10.4 Å². The Morgan fingerprint density at radius 1 is 1.19 bits per heavy atom. The van der Waals surface area contributed by atoms with Gasteiger partial charge >= 0.3 is 29.0 Å². The fourth-order valence-corrected chi connectivity index (χ4v) is 0.654. The molecule has 0 atom stereocenters. The molecular formula is C7H6MgO7S. The van der Waals surface area contributed by atoms with Crippen LogP contribution < -0.4 is 0 Å². The van der Waals surface area contributed by atoms with E-state index < -0.39 is 16.4 Å². The summed E-state index contributed by atoms with van der Waals surface area (Å²) >= 11 is 0. The van der Waals surface area contributed by atoms with Crippen LogP contribution in [0.4, 0.5) is 0 Å². The van der Waals surface area contributed by atoms with Crippen molar-refractivity contribution in [2.45, 2.75) is 0 Å². The van der Waals surface area contributed by atoms with E-state index in [-0.39, 0.29) is 34.4 Å². The third-order valence-corrected chi connectivity index (χ3v) is 1.13. The van der Waals surface area contributed by atoms with Crippen molar-refractivity contribution in [1.29, 1.82) is 0 Å². The maximum Gasteiger partial charge on any atom is 2.00 e. The van der Waals surface area contributed by atoms with Gasteiger partial charge < -0.3 is 19.3 Å². The number of carboxylic acids is 1. The average molecular weight is 258 g/mol. The van der Waals surface area contributed by atoms with Gasteiger partial charge in [-0.2, -0.15) is 0 Å². The summed E-state index contributed by atoms with van der Waals surface area (Å²) in [7, 11) is -5.17. The van der Waals surface area contributed by atoms with Crippen LogP contribution in [-0.4, -0.2) is 56.8 Å². The molecule has 84 valence electrons. The molecule has 16 heavy (non-hydrogen) atoms. The maximum atomic E-state index is 10.3. The molecule has 2 N–H and O–H groups in total. The van der Waals surface area contributed by atoms with E-state index in [1.165, 1.54) is 12.1 Å². The molecule has 9 heteroatoms. The molecule has 0 spiro atoms. The number of rotatable bonds is 1. The molecule has 1 aromatic carbocycles. The second-order valence-electron chi connectivity index (χ2n) is 2.23. The van der Waals surface area contributed by atoms with Crippen LogP contribution in [0.2, 0.25) is 0 Å². The molecule has 1 rings (SSSR count). The Labute approximate surface area is 107 Å². The second-order valence-corrected chi connectivity index (χ2v) is 3.05. The Hall–Kier alpha value is -0.874. The van der Waals surface area contributed by atoms with Crippen molar-refractivity contribution in [3.63, 3.8) is 0 Å². The summed E-state index contributed by atoms with van der Waals surface area (Å²) in [5, 5.41) is 17.3. The van der Waals surface area contributed by atoms with Crippen molar-refractivity contribution in [1.82, 2.24) is 0 Å². The van der Waals surface area contributed by atoms with Gasteiger partial charge in [0.25, 0.3) is 0 Å². The van der Waals surface area contributed by atoms with Crippen LogP contribution in [-0.2, 0) is 10.4 Å². The Balaban J connectivity index is 0. The van der Waals surface area contributed by atoms with E-state index >= 15 is 0 Å². The van der Waals surface area contributed by atoms with Gasteiger partial charge in [-0.3, -0.25) is 8.42 Å². The van der Waals surface area contributed by atoms with Gasteiger partial charge in [-0.25, -0.2) is 4.79 Å². The predicted molar refractivity (Wildman–Crippen MR) is 51.3 cm³/mol. The van der Waals surface area contributed by atoms with E-state index in [4.69, 9.17) is 27.7 Å². The van der Waals surface area contributed by atoms with Crippen molar-refractivity contribution in [2.24, 2.45) is 0 Å². The normalized spacial score (nSPS) is 9.38. The third-order valence-electron chi connectivity index (χ3n) is 1.13. The summed E-state index contributed by atoms with van der Waals surface area (Å²) < 4.78 is 34.1. The Bertz CT molecular complexity index is 434. The molecule has 0 aliphatic carbocycles. The first-order valence-corrected chi connectivity index (χ1v) is 4.73. The number of aromatic carboxylic acids is 1. The third kappa shape index (κ3) is 9.67. The van der Waals surface area contributed by atoms with Gasteiger partial charge in [0.15, 0.2) is 0 Å². The molecule has 0 bridgehead atoms. The topological polar surface area (TPSA) is 138 Å². The van der Waals surface area contributed by atoms with E-state index in [2.05, 4.69) is 0 Å². The molecule has 0 fully saturated rings. The molecule has 7 nitrogen and oxygen atoms in total. The number of benzene rings is 1. The first-order chi connectivity index (χ1) is 6.72. The molecular weight excluding hydrogens is 252 g/mol. The first kappa shape index (κ1) is 17.5. The number of carboxylic acid groups (broad SMARTS) is 1. The zero-order valence-electron chi connectivity index (χ0n) is 7.86. The molecule has 0 aromatic heterocycles. The van der Waals surface area contributed by atoms with Crippen molar-refractivity contribution in [3.05, 3.63) is 29.8 Å². The van der Waals surface area contributed by atoms with Gasteiger partial charge in [-0.15, -0.1) is 0 Å².